The number of allylic oxidation sites excluding steroid dienone is 1. The molecule has 0 aromatic heterocycles. The molecule has 0 bridgehead atoms. The lowest BCUT2D eigenvalue weighted by Crippen LogP contribution is -2.24. The first-order valence-corrected chi connectivity index (χ1v) is 6.65. The zero-order chi connectivity index (χ0) is 11.5. The fourth-order valence-corrected chi connectivity index (χ4v) is 2.98. The van der Waals surface area contributed by atoms with Gasteiger partial charge in [-0.05, 0) is 25.7 Å². The van der Waals surface area contributed by atoms with Crippen molar-refractivity contribution in [3.63, 3.8) is 0 Å². The van der Waals surface area contributed by atoms with Crippen LogP contribution in [-0.2, 0) is 3.07 Å². The maximum Gasteiger partial charge on any atom is 0.109 e. The van der Waals surface area contributed by atoms with E-state index >= 15 is 0 Å². The number of rotatable bonds is 5. The van der Waals surface area contributed by atoms with Gasteiger partial charge in [0.15, 0.2) is 0 Å². The number of halogens is 1. The fourth-order valence-electron chi connectivity index (χ4n) is 2.72. The van der Waals surface area contributed by atoms with Crippen molar-refractivity contribution in [1.82, 2.24) is 4.90 Å². The fraction of sp³-hybridized carbons (Fsp3) is 0.833. The third-order valence-corrected chi connectivity index (χ3v) is 4.53. The molecule has 1 aliphatic rings. The van der Waals surface area contributed by atoms with E-state index in [1.807, 2.05) is 23.0 Å². The van der Waals surface area contributed by atoms with Crippen LogP contribution in [0.2, 0.25) is 0 Å². The second-order valence-electron chi connectivity index (χ2n) is 4.50. The minimum atomic E-state index is 0.352. The highest BCUT2D eigenvalue weighted by atomic mass is 127. The van der Waals surface area contributed by atoms with Crippen LogP contribution in [0.5, 0.6) is 0 Å². The summed E-state index contributed by atoms with van der Waals surface area (Å²) in [5.41, 5.74) is 1.68. The van der Waals surface area contributed by atoms with E-state index in [0.717, 1.165) is 13.0 Å². The number of nitrogens with zero attached hydrogens (tertiary/aromatic N) is 1. The van der Waals surface area contributed by atoms with Gasteiger partial charge in [0.05, 0.1) is 6.61 Å². The summed E-state index contributed by atoms with van der Waals surface area (Å²) in [5, 5.41) is 0. The van der Waals surface area contributed by atoms with E-state index in [2.05, 4.69) is 32.4 Å². The van der Waals surface area contributed by atoms with Crippen LogP contribution < -0.4 is 0 Å². The molecule has 0 radical (unpaired) electrons. The van der Waals surface area contributed by atoms with Crippen LogP contribution in [0.1, 0.15) is 39.5 Å². The van der Waals surface area contributed by atoms with Gasteiger partial charge in [-0.15, -0.1) is 0 Å². The minimum Gasteiger partial charge on any atom is -0.375 e. The number of likely N-dealkylation sites (tertiary alicyclic amines) is 1. The van der Waals surface area contributed by atoms with Crippen molar-refractivity contribution in [3.8, 4) is 0 Å². The largest absolute Gasteiger partial charge is 0.375 e. The molecule has 1 saturated heterocycles. The predicted molar refractivity (Wildman–Crippen MR) is 72.9 cm³/mol. The maximum absolute atomic E-state index is 5.14. The smallest absolute Gasteiger partial charge is 0.109 e. The zero-order valence-corrected chi connectivity index (χ0v) is 12.2. The highest BCUT2D eigenvalue weighted by molar-refractivity contribution is 14.1. The number of hydrogen-bond donors (Lipinski definition) is 0. The molecular formula is C12H22INO. The monoisotopic (exact) mass is 323 g/mol. The molecule has 15 heavy (non-hydrogen) atoms. The molecule has 1 rings (SSSR count). The van der Waals surface area contributed by atoms with Crippen molar-refractivity contribution in [2.24, 2.45) is 5.41 Å². The summed E-state index contributed by atoms with van der Waals surface area (Å²) in [6.45, 7) is 9.67. The SMILES string of the molecule is C=C1N(C)C(CCOI)CC1(CC)CC. The highest BCUT2D eigenvalue weighted by Crippen LogP contribution is 2.47. The Labute approximate surface area is 108 Å². The summed E-state index contributed by atoms with van der Waals surface area (Å²) in [7, 11) is 2.17. The van der Waals surface area contributed by atoms with Gasteiger partial charge in [0.2, 0.25) is 0 Å². The third-order valence-electron chi connectivity index (χ3n) is 4.09. The lowest BCUT2D eigenvalue weighted by atomic mass is 9.78. The van der Waals surface area contributed by atoms with Crippen LogP contribution >= 0.6 is 23.0 Å². The average molecular weight is 323 g/mol. The van der Waals surface area contributed by atoms with E-state index in [9.17, 15) is 0 Å². The van der Waals surface area contributed by atoms with Crippen molar-refractivity contribution in [2.75, 3.05) is 13.7 Å². The molecule has 1 heterocycles. The quantitative estimate of drug-likeness (QED) is 0.714. The summed E-state index contributed by atoms with van der Waals surface area (Å²) >= 11 is 1.97. The van der Waals surface area contributed by atoms with E-state index in [0.29, 0.717) is 11.5 Å². The summed E-state index contributed by atoms with van der Waals surface area (Å²) in [5.74, 6) is 0. The van der Waals surface area contributed by atoms with Crippen molar-refractivity contribution in [3.05, 3.63) is 12.3 Å². The van der Waals surface area contributed by atoms with E-state index in [4.69, 9.17) is 3.07 Å². The Bertz CT molecular complexity index is 226. The normalized spacial score (nSPS) is 24.9. The van der Waals surface area contributed by atoms with Crippen LogP contribution in [0.15, 0.2) is 12.3 Å². The van der Waals surface area contributed by atoms with Gasteiger partial charge in [-0.25, -0.2) is 0 Å². The molecule has 0 amide bonds. The maximum atomic E-state index is 5.14. The van der Waals surface area contributed by atoms with Crippen molar-refractivity contribution >= 4 is 23.0 Å². The van der Waals surface area contributed by atoms with E-state index in [1.165, 1.54) is 25.0 Å². The summed E-state index contributed by atoms with van der Waals surface area (Å²) in [6.07, 6.45) is 4.76. The second kappa shape index (κ2) is 5.53. The van der Waals surface area contributed by atoms with Gasteiger partial charge in [-0.2, -0.15) is 0 Å². The summed E-state index contributed by atoms with van der Waals surface area (Å²) in [4.78, 5) is 2.36. The first-order valence-electron chi connectivity index (χ1n) is 5.77. The van der Waals surface area contributed by atoms with Gasteiger partial charge < -0.3 is 7.97 Å². The van der Waals surface area contributed by atoms with Gasteiger partial charge in [0.25, 0.3) is 0 Å². The molecule has 0 aliphatic carbocycles. The Morgan fingerprint density at radius 2 is 2.13 bits per heavy atom. The summed E-state index contributed by atoms with van der Waals surface area (Å²) < 4.78 is 5.14. The standard InChI is InChI=1S/C12H22INO/c1-5-12(6-2)9-11(7-8-15-13)14(4)10(12)3/h11H,3,5-9H2,1-2,4H3. The predicted octanol–water partition coefficient (Wildman–Crippen LogP) is 3.77. The van der Waals surface area contributed by atoms with Gasteiger partial charge in [0, 0.05) is 24.2 Å². The van der Waals surface area contributed by atoms with E-state index in [1.54, 1.807) is 0 Å². The minimum absolute atomic E-state index is 0.352. The topological polar surface area (TPSA) is 12.5 Å². The van der Waals surface area contributed by atoms with Crippen molar-refractivity contribution < 1.29 is 3.07 Å². The molecule has 0 aromatic carbocycles. The van der Waals surface area contributed by atoms with E-state index < -0.39 is 0 Å². The molecule has 3 heteroatoms. The molecule has 1 unspecified atom stereocenters. The van der Waals surface area contributed by atoms with Crippen molar-refractivity contribution in [2.45, 2.75) is 45.6 Å². The highest BCUT2D eigenvalue weighted by Gasteiger charge is 2.42. The van der Waals surface area contributed by atoms with E-state index in [-0.39, 0.29) is 0 Å². The average Bonchev–Trinajstić information content (AvgIpc) is 2.51. The third kappa shape index (κ3) is 2.49. The molecule has 1 aliphatic heterocycles. The van der Waals surface area contributed by atoms with Crippen LogP contribution in [-0.4, -0.2) is 24.6 Å². The van der Waals surface area contributed by atoms with Gasteiger partial charge in [0.1, 0.15) is 23.0 Å². The second-order valence-corrected chi connectivity index (χ2v) is 5.13. The Kier molecular flexibility index (Phi) is 4.90. The molecule has 0 spiro atoms. The summed E-state index contributed by atoms with van der Waals surface area (Å²) in [6, 6.07) is 0.618. The van der Waals surface area contributed by atoms with Crippen LogP contribution in [0.4, 0.5) is 0 Å². The Morgan fingerprint density at radius 1 is 1.53 bits per heavy atom. The first kappa shape index (κ1) is 13.3. The number of hydrogen-bond acceptors (Lipinski definition) is 2. The molecule has 0 N–H and O–H groups in total. The van der Waals surface area contributed by atoms with Crippen LogP contribution in [0.25, 0.3) is 0 Å². The van der Waals surface area contributed by atoms with Crippen LogP contribution in [0.3, 0.4) is 0 Å². The zero-order valence-electron chi connectivity index (χ0n) is 10.1. The molecule has 0 saturated carbocycles. The van der Waals surface area contributed by atoms with Crippen molar-refractivity contribution in [1.29, 1.82) is 0 Å². The lowest BCUT2D eigenvalue weighted by Gasteiger charge is -2.28. The first-order chi connectivity index (χ1) is 7.11. The van der Waals surface area contributed by atoms with Gasteiger partial charge in [-0.3, -0.25) is 0 Å². The van der Waals surface area contributed by atoms with Gasteiger partial charge >= 0.3 is 0 Å². The molecular weight excluding hydrogens is 301 g/mol. The molecule has 2 nitrogen and oxygen atoms in total. The Balaban J connectivity index is 2.70. The lowest BCUT2D eigenvalue weighted by molar-refractivity contribution is 0.283. The van der Waals surface area contributed by atoms with Gasteiger partial charge in [-0.1, -0.05) is 20.4 Å². The molecule has 0 aromatic rings. The molecule has 1 fully saturated rings. The molecule has 88 valence electrons. The van der Waals surface area contributed by atoms with Crippen LogP contribution in [0, 0.1) is 5.41 Å². The Morgan fingerprint density at radius 3 is 2.53 bits per heavy atom. The molecule has 1 atom stereocenters. The Hall–Kier alpha value is 0.230.